The first kappa shape index (κ1) is 23.0. The van der Waals surface area contributed by atoms with Crippen molar-refractivity contribution in [2.24, 2.45) is 4.99 Å². The fourth-order valence-electron chi connectivity index (χ4n) is 2.89. The zero-order valence-electron chi connectivity index (χ0n) is 17.6. The van der Waals surface area contributed by atoms with Gasteiger partial charge in [-0.25, -0.2) is 4.79 Å². The number of para-hydroxylation sites is 1. The highest BCUT2D eigenvalue weighted by molar-refractivity contribution is 14.1. The van der Waals surface area contributed by atoms with Gasteiger partial charge in [0.25, 0.3) is 0 Å². The van der Waals surface area contributed by atoms with Crippen LogP contribution in [0.25, 0.3) is 0 Å². The van der Waals surface area contributed by atoms with Crippen molar-refractivity contribution in [3.8, 4) is 11.5 Å². The quantitative estimate of drug-likeness (QED) is 0.0920. The number of carbonyl (C=O) groups is 1. The van der Waals surface area contributed by atoms with E-state index >= 15 is 0 Å². The van der Waals surface area contributed by atoms with Crippen LogP contribution < -0.4 is 9.47 Å². The van der Waals surface area contributed by atoms with E-state index in [1.54, 1.807) is 42.6 Å². The van der Waals surface area contributed by atoms with Crippen LogP contribution in [0.15, 0.2) is 77.8 Å². The van der Waals surface area contributed by atoms with Crippen molar-refractivity contribution in [3.63, 3.8) is 0 Å². The van der Waals surface area contributed by atoms with Gasteiger partial charge >= 0.3 is 5.97 Å². The van der Waals surface area contributed by atoms with E-state index in [1.165, 1.54) is 19.3 Å². The molecule has 0 aliphatic carbocycles. The van der Waals surface area contributed by atoms with Gasteiger partial charge in [0.2, 0.25) is 0 Å². The van der Waals surface area contributed by atoms with E-state index in [2.05, 4.69) is 34.5 Å². The summed E-state index contributed by atoms with van der Waals surface area (Å²) in [5.74, 6) is 0.868. The van der Waals surface area contributed by atoms with E-state index in [0.29, 0.717) is 17.9 Å². The van der Waals surface area contributed by atoms with E-state index in [-0.39, 0.29) is 0 Å². The smallest absolute Gasteiger partial charge is 0.343 e. The Hall–Kier alpha value is -2.67. The third kappa shape index (κ3) is 7.51. The topological polar surface area (TPSA) is 47.9 Å². The van der Waals surface area contributed by atoms with Gasteiger partial charge in [0.05, 0.1) is 17.9 Å². The zero-order valence-corrected chi connectivity index (χ0v) is 19.7. The SMILES string of the molecule is CCCCCCOc1ccc(C(=O)Oc2ccc(C=Nc3ccccc3I)cc2)cc1. The number of aliphatic imine (C=N–C) groups is 1. The van der Waals surface area contributed by atoms with Crippen molar-refractivity contribution < 1.29 is 14.3 Å². The second-order valence-corrected chi connectivity index (χ2v) is 8.26. The summed E-state index contributed by atoms with van der Waals surface area (Å²) in [7, 11) is 0. The maximum Gasteiger partial charge on any atom is 0.343 e. The first-order chi connectivity index (χ1) is 15.2. The Balaban J connectivity index is 1.51. The van der Waals surface area contributed by atoms with Gasteiger partial charge in [0, 0.05) is 9.78 Å². The number of esters is 1. The van der Waals surface area contributed by atoms with Crippen molar-refractivity contribution in [1.29, 1.82) is 0 Å². The van der Waals surface area contributed by atoms with Crippen LogP contribution in [0.2, 0.25) is 0 Å². The van der Waals surface area contributed by atoms with E-state index in [1.807, 2.05) is 36.4 Å². The minimum absolute atomic E-state index is 0.394. The van der Waals surface area contributed by atoms with Crippen LogP contribution in [0.3, 0.4) is 0 Å². The zero-order chi connectivity index (χ0) is 21.9. The lowest BCUT2D eigenvalue weighted by Gasteiger charge is -2.08. The minimum atomic E-state index is -0.394. The number of rotatable bonds is 10. The molecule has 3 aromatic rings. The molecule has 160 valence electrons. The minimum Gasteiger partial charge on any atom is -0.494 e. The molecule has 0 saturated carbocycles. The molecule has 0 unspecified atom stereocenters. The van der Waals surface area contributed by atoms with E-state index in [4.69, 9.17) is 9.47 Å². The van der Waals surface area contributed by atoms with Crippen molar-refractivity contribution in [2.45, 2.75) is 32.6 Å². The highest BCUT2D eigenvalue weighted by atomic mass is 127. The highest BCUT2D eigenvalue weighted by Gasteiger charge is 2.09. The lowest BCUT2D eigenvalue weighted by molar-refractivity contribution is 0.0734. The summed E-state index contributed by atoms with van der Waals surface area (Å²) in [6.07, 6.45) is 6.46. The molecule has 0 amide bonds. The van der Waals surface area contributed by atoms with Gasteiger partial charge in [-0.15, -0.1) is 0 Å². The number of halogens is 1. The second kappa shape index (κ2) is 12.2. The summed E-state index contributed by atoms with van der Waals surface area (Å²) in [6, 6.07) is 22.3. The summed E-state index contributed by atoms with van der Waals surface area (Å²) in [5, 5.41) is 0. The number of benzene rings is 3. The van der Waals surface area contributed by atoms with Gasteiger partial charge < -0.3 is 9.47 Å². The Kier molecular flexibility index (Phi) is 9.09. The lowest BCUT2D eigenvalue weighted by atomic mass is 10.2. The fourth-order valence-corrected chi connectivity index (χ4v) is 3.42. The Morgan fingerprint density at radius 1 is 0.903 bits per heavy atom. The number of hydrogen-bond donors (Lipinski definition) is 0. The summed E-state index contributed by atoms with van der Waals surface area (Å²) >= 11 is 2.26. The van der Waals surface area contributed by atoms with Gasteiger partial charge in [0.15, 0.2) is 0 Å². The van der Waals surface area contributed by atoms with Crippen LogP contribution in [0, 0.1) is 3.57 Å². The lowest BCUT2D eigenvalue weighted by Crippen LogP contribution is -2.08. The maximum absolute atomic E-state index is 12.4. The largest absolute Gasteiger partial charge is 0.494 e. The number of unbranched alkanes of at least 4 members (excludes halogenated alkanes) is 3. The molecule has 0 radical (unpaired) electrons. The average Bonchev–Trinajstić information content (AvgIpc) is 2.80. The Bertz CT molecular complexity index is 998. The Labute approximate surface area is 197 Å². The summed E-state index contributed by atoms with van der Waals surface area (Å²) in [5.41, 5.74) is 2.34. The molecule has 0 N–H and O–H groups in total. The number of hydrogen-bond acceptors (Lipinski definition) is 4. The van der Waals surface area contributed by atoms with Crippen LogP contribution in [0.4, 0.5) is 5.69 Å². The van der Waals surface area contributed by atoms with Crippen LogP contribution in [-0.2, 0) is 0 Å². The third-order valence-corrected chi connectivity index (χ3v) is 5.56. The number of nitrogens with zero attached hydrogens (tertiary/aromatic N) is 1. The van der Waals surface area contributed by atoms with E-state index in [0.717, 1.165) is 27.0 Å². The molecule has 0 heterocycles. The molecule has 0 saturated heterocycles. The van der Waals surface area contributed by atoms with E-state index in [9.17, 15) is 4.79 Å². The first-order valence-corrected chi connectivity index (χ1v) is 11.6. The third-order valence-electron chi connectivity index (χ3n) is 4.65. The van der Waals surface area contributed by atoms with Gasteiger partial charge in [0.1, 0.15) is 11.5 Å². The number of carbonyl (C=O) groups excluding carboxylic acids is 1. The molecule has 4 nitrogen and oxygen atoms in total. The molecule has 5 heteroatoms. The molecule has 0 atom stereocenters. The first-order valence-electron chi connectivity index (χ1n) is 10.5. The number of ether oxygens (including phenoxy) is 2. The van der Waals surface area contributed by atoms with Crippen molar-refractivity contribution >= 4 is 40.5 Å². The highest BCUT2D eigenvalue weighted by Crippen LogP contribution is 2.21. The molecular weight excluding hydrogens is 501 g/mol. The molecule has 3 rings (SSSR count). The Morgan fingerprint density at radius 2 is 1.61 bits per heavy atom. The Morgan fingerprint density at radius 3 is 2.32 bits per heavy atom. The molecule has 0 aliphatic rings. The predicted octanol–water partition coefficient (Wildman–Crippen LogP) is 7.22. The van der Waals surface area contributed by atoms with Crippen LogP contribution in [0.5, 0.6) is 11.5 Å². The van der Waals surface area contributed by atoms with Crippen molar-refractivity contribution in [3.05, 3.63) is 87.5 Å². The monoisotopic (exact) mass is 527 g/mol. The molecule has 0 fully saturated rings. The predicted molar refractivity (Wildman–Crippen MR) is 134 cm³/mol. The molecular formula is C26H26INO3. The summed E-state index contributed by atoms with van der Waals surface area (Å²) in [4.78, 5) is 16.9. The molecule has 0 aliphatic heterocycles. The molecule has 3 aromatic carbocycles. The van der Waals surface area contributed by atoms with Gasteiger partial charge in [-0.3, -0.25) is 4.99 Å². The molecule has 0 bridgehead atoms. The summed E-state index contributed by atoms with van der Waals surface area (Å²) < 4.78 is 12.3. The maximum atomic E-state index is 12.4. The van der Waals surface area contributed by atoms with Crippen molar-refractivity contribution in [1.82, 2.24) is 0 Å². The molecule has 31 heavy (non-hydrogen) atoms. The normalized spacial score (nSPS) is 10.9. The standard InChI is InChI=1S/C26H26INO3/c1-2-3-4-7-18-30-22-16-12-21(13-17-22)26(29)31-23-14-10-20(11-15-23)19-28-25-9-6-5-8-24(25)27/h5-6,8-17,19H,2-4,7,18H2,1H3. The average molecular weight is 527 g/mol. The van der Waals surface area contributed by atoms with Crippen molar-refractivity contribution in [2.75, 3.05) is 6.61 Å². The van der Waals surface area contributed by atoms with E-state index < -0.39 is 5.97 Å². The van der Waals surface area contributed by atoms with Crippen LogP contribution in [-0.4, -0.2) is 18.8 Å². The van der Waals surface area contributed by atoms with Gasteiger partial charge in [-0.2, -0.15) is 0 Å². The van der Waals surface area contributed by atoms with Crippen LogP contribution >= 0.6 is 22.6 Å². The fraction of sp³-hybridized carbons (Fsp3) is 0.231. The molecule has 0 aromatic heterocycles. The van der Waals surface area contributed by atoms with Gasteiger partial charge in [-0.05, 0) is 95.2 Å². The second-order valence-electron chi connectivity index (χ2n) is 7.10. The van der Waals surface area contributed by atoms with Gasteiger partial charge in [-0.1, -0.05) is 38.3 Å². The van der Waals surface area contributed by atoms with Crippen LogP contribution in [0.1, 0.15) is 48.5 Å². The summed E-state index contributed by atoms with van der Waals surface area (Å²) in [6.45, 7) is 2.89. The molecule has 0 spiro atoms.